The summed E-state index contributed by atoms with van der Waals surface area (Å²) in [7, 11) is 1.32. The van der Waals surface area contributed by atoms with Gasteiger partial charge in [-0.25, -0.2) is 9.59 Å². The Morgan fingerprint density at radius 3 is 2.57 bits per heavy atom. The van der Waals surface area contributed by atoms with Gasteiger partial charge in [0.25, 0.3) is 0 Å². The Kier molecular flexibility index (Phi) is 3.72. The van der Waals surface area contributed by atoms with E-state index >= 15 is 0 Å². The first kappa shape index (κ1) is 14.6. The minimum Gasteiger partial charge on any atom is -0.465 e. The summed E-state index contributed by atoms with van der Waals surface area (Å²) < 4.78 is 11.5. The van der Waals surface area contributed by atoms with Crippen molar-refractivity contribution in [3.63, 3.8) is 0 Å². The highest BCUT2D eigenvalue weighted by atomic mass is 16.5. The van der Waals surface area contributed by atoms with E-state index in [2.05, 4.69) is 4.74 Å². The molecule has 0 aliphatic rings. The van der Waals surface area contributed by atoms with Gasteiger partial charge >= 0.3 is 12.1 Å². The second-order valence-corrected chi connectivity index (χ2v) is 4.81. The maximum Gasteiger partial charge on any atom is 0.415 e. The number of aromatic nitrogens is 1. The number of fused-ring (bicyclic) bond motifs is 1. The van der Waals surface area contributed by atoms with Crippen LogP contribution in [0.25, 0.3) is 10.9 Å². The number of methoxy groups -OCH3 is 1. The standard InChI is InChI=1S/C17H13NO5/c1-22-16(19)12-3-2-4-13(10-12)23-14-5-6-15-11(9-14)7-8-18(15)17(20)21/h2-10H,1H3,(H,20,21). The Labute approximate surface area is 131 Å². The molecule has 23 heavy (non-hydrogen) atoms. The molecule has 0 spiro atoms. The summed E-state index contributed by atoms with van der Waals surface area (Å²) in [6, 6.07) is 13.4. The zero-order chi connectivity index (χ0) is 16.4. The summed E-state index contributed by atoms with van der Waals surface area (Å²) in [5.74, 6) is 0.594. The van der Waals surface area contributed by atoms with Crippen molar-refractivity contribution in [3.8, 4) is 11.5 Å². The van der Waals surface area contributed by atoms with Crippen LogP contribution in [0.1, 0.15) is 10.4 Å². The molecule has 0 unspecified atom stereocenters. The number of carboxylic acid groups (broad SMARTS) is 1. The van der Waals surface area contributed by atoms with Gasteiger partial charge in [0.05, 0.1) is 18.2 Å². The zero-order valence-corrected chi connectivity index (χ0v) is 12.2. The van der Waals surface area contributed by atoms with Gasteiger partial charge in [0.15, 0.2) is 0 Å². The molecule has 2 aromatic carbocycles. The van der Waals surface area contributed by atoms with E-state index in [1.54, 1.807) is 48.5 Å². The summed E-state index contributed by atoms with van der Waals surface area (Å²) >= 11 is 0. The van der Waals surface area contributed by atoms with Crippen molar-refractivity contribution >= 4 is 23.0 Å². The van der Waals surface area contributed by atoms with E-state index in [9.17, 15) is 9.59 Å². The first-order valence-corrected chi connectivity index (χ1v) is 6.79. The number of hydrogen-bond donors (Lipinski definition) is 1. The number of nitrogens with zero attached hydrogens (tertiary/aromatic N) is 1. The van der Waals surface area contributed by atoms with Gasteiger partial charge in [0, 0.05) is 11.6 Å². The molecule has 0 aliphatic heterocycles. The van der Waals surface area contributed by atoms with Crippen LogP contribution < -0.4 is 4.74 Å². The molecule has 0 amide bonds. The molecule has 1 aromatic heterocycles. The van der Waals surface area contributed by atoms with Gasteiger partial charge in [-0.05, 0) is 42.5 Å². The fourth-order valence-electron chi connectivity index (χ4n) is 2.29. The smallest absolute Gasteiger partial charge is 0.415 e. The second-order valence-electron chi connectivity index (χ2n) is 4.81. The van der Waals surface area contributed by atoms with Gasteiger partial charge in [-0.2, -0.15) is 0 Å². The van der Waals surface area contributed by atoms with Crippen molar-refractivity contribution in [2.45, 2.75) is 0 Å². The highest BCUT2D eigenvalue weighted by Crippen LogP contribution is 2.27. The number of carbonyl (C=O) groups excluding carboxylic acids is 1. The zero-order valence-electron chi connectivity index (χ0n) is 12.2. The molecule has 6 heteroatoms. The van der Waals surface area contributed by atoms with Crippen LogP contribution in [0.3, 0.4) is 0 Å². The number of ether oxygens (including phenoxy) is 2. The lowest BCUT2D eigenvalue weighted by molar-refractivity contribution is 0.0600. The third-order valence-electron chi connectivity index (χ3n) is 3.36. The first-order valence-electron chi connectivity index (χ1n) is 6.79. The van der Waals surface area contributed by atoms with E-state index in [0.29, 0.717) is 22.6 Å². The summed E-state index contributed by atoms with van der Waals surface area (Å²) in [5, 5.41) is 9.81. The number of carbonyl (C=O) groups is 2. The van der Waals surface area contributed by atoms with Gasteiger partial charge in [-0.15, -0.1) is 0 Å². The SMILES string of the molecule is COC(=O)c1cccc(Oc2ccc3c(ccn3C(=O)O)c2)c1. The summed E-state index contributed by atoms with van der Waals surface area (Å²) in [6.45, 7) is 0. The maximum absolute atomic E-state index is 11.5. The van der Waals surface area contributed by atoms with Gasteiger partial charge in [0.1, 0.15) is 11.5 Å². The molecule has 0 saturated heterocycles. The lowest BCUT2D eigenvalue weighted by Gasteiger charge is -2.07. The summed E-state index contributed by atoms with van der Waals surface area (Å²) in [6.07, 6.45) is 0.439. The van der Waals surface area contributed by atoms with Gasteiger partial charge in [-0.1, -0.05) is 6.07 Å². The fraction of sp³-hybridized carbons (Fsp3) is 0.0588. The lowest BCUT2D eigenvalue weighted by atomic mass is 10.2. The number of esters is 1. The normalized spacial score (nSPS) is 10.5. The molecule has 0 fully saturated rings. The average molecular weight is 311 g/mol. The third kappa shape index (κ3) is 2.87. The van der Waals surface area contributed by atoms with E-state index < -0.39 is 12.1 Å². The van der Waals surface area contributed by atoms with E-state index in [-0.39, 0.29) is 0 Å². The molecule has 1 N–H and O–H groups in total. The van der Waals surface area contributed by atoms with Gasteiger partial charge < -0.3 is 14.6 Å². The van der Waals surface area contributed by atoms with E-state index in [0.717, 1.165) is 9.95 Å². The molecule has 0 saturated carbocycles. The average Bonchev–Trinajstić information content (AvgIpc) is 2.97. The maximum atomic E-state index is 11.5. The summed E-state index contributed by atoms with van der Waals surface area (Å²) in [4.78, 5) is 22.6. The van der Waals surface area contributed by atoms with Crippen LogP contribution in [-0.2, 0) is 4.74 Å². The Morgan fingerprint density at radius 2 is 1.83 bits per heavy atom. The Hall–Kier alpha value is -3.28. The molecular formula is C17H13NO5. The largest absolute Gasteiger partial charge is 0.465 e. The van der Waals surface area contributed by atoms with Crippen molar-refractivity contribution in [3.05, 3.63) is 60.3 Å². The molecule has 3 rings (SSSR count). The number of hydrogen-bond acceptors (Lipinski definition) is 4. The van der Waals surface area contributed by atoms with Crippen molar-refractivity contribution in [1.29, 1.82) is 0 Å². The molecular weight excluding hydrogens is 298 g/mol. The molecule has 116 valence electrons. The van der Waals surface area contributed by atoms with Crippen molar-refractivity contribution in [2.24, 2.45) is 0 Å². The van der Waals surface area contributed by atoms with Crippen molar-refractivity contribution in [2.75, 3.05) is 7.11 Å². The van der Waals surface area contributed by atoms with Crippen LogP contribution in [0, 0.1) is 0 Å². The Balaban J connectivity index is 1.90. The molecule has 3 aromatic rings. The van der Waals surface area contributed by atoms with E-state index in [1.807, 2.05) is 0 Å². The number of rotatable bonds is 3. The minimum absolute atomic E-state index is 0.392. The highest BCUT2D eigenvalue weighted by molar-refractivity contribution is 5.90. The molecule has 6 nitrogen and oxygen atoms in total. The predicted molar refractivity (Wildman–Crippen MR) is 83.2 cm³/mol. The minimum atomic E-state index is -1.04. The molecule has 0 bridgehead atoms. The van der Waals surface area contributed by atoms with Crippen LogP contribution in [0.15, 0.2) is 54.7 Å². The number of benzene rings is 2. The van der Waals surface area contributed by atoms with Crippen LogP contribution in [0.5, 0.6) is 11.5 Å². The van der Waals surface area contributed by atoms with E-state index in [1.165, 1.54) is 13.3 Å². The van der Waals surface area contributed by atoms with Crippen LogP contribution in [0.4, 0.5) is 4.79 Å². The quantitative estimate of drug-likeness (QED) is 0.745. The first-order chi connectivity index (χ1) is 11.1. The summed E-state index contributed by atoms with van der Waals surface area (Å²) in [5.41, 5.74) is 0.969. The molecule has 0 radical (unpaired) electrons. The van der Waals surface area contributed by atoms with E-state index in [4.69, 9.17) is 9.84 Å². The monoisotopic (exact) mass is 311 g/mol. The van der Waals surface area contributed by atoms with Crippen LogP contribution in [0.2, 0.25) is 0 Å². The lowest BCUT2D eigenvalue weighted by Crippen LogP contribution is -2.05. The van der Waals surface area contributed by atoms with Crippen LogP contribution >= 0.6 is 0 Å². The second kappa shape index (κ2) is 5.84. The predicted octanol–water partition coefficient (Wildman–Crippen LogP) is 3.75. The Bertz CT molecular complexity index is 897. The van der Waals surface area contributed by atoms with Gasteiger partial charge in [-0.3, -0.25) is 4.57 Å². The third-order valence-corrected chi connectivity index (χ3v) is 3.36. The fourth-order valence-corrected chi connectivity index (χ4v) is 2.29. The van der Waals surface area contributed by atoms with Crippen molar-refractivity contribution in [1.82, 2.24) is 4.57 Å². The van der Waals surface area contributed by atoms with Crippen LogP contribution in [-0.4, -0.2) is 28.8 Å². The van der Waals surface area contributed by atoms with Gasteiger partial charge in [0.2, 0.25) is 0 Å². The molecule has 0 atom stereocenters. The molecule has 0 aliphatic carbocycles. The van der Waals surface area contributed by atoms with Crippen molar-refractivity contribution < 1.29 is 24.2 Å². The Morgan fingerprint density at radius 1 is 1.04 bits per heavy atom. The highest BCUT2D eigenvalue weighted by Gasteiger charge is 2.09. The topological polar surface area (TPSA) is 77.8 Å². The molecule has 1 heterocycles.